The number of alkyl halides is 3. The number of rotatable bonds is 9. The fraction of sp³-hybridized carbons (Fsp3) is 0.524. The minimum Gasteiger partial charge on any atom is -0.374 e. The van der Waals surface area contributed by atoms with E-state index in [-0.39, 0.29) is 36.6 Å². The molecular formula is C21H31F3IN5O. The molecule has 0 bridgehead atoms. The Hall–Kier alpha value is -1.82. The molecule has 0 fully saturated rings. The van der Waals surface area contributed by atoms with Gasteiger partial charge in [-0.2, -0.15) is 13.2 Å². The van der Waals surface area contributed by atoms with E-state index in [2.05, 4.69) is 32.7 Å². The molecule has 1 heterocycles. The molecule has 0 radical (unpaired) electrons. The van der Waals surface area contributed by atoms with Gasteiger partial charge in [0, 0.05) is 45.0 Å². The SMILES string of the molecule is CCNC(=NCCC(O)(c1nccn1C)C(F)(F)F)NC(C)CCc1ccccc1.I. The van der Waals surface area contributed by atoms with Crippen molar-refractivity contribution in [2.24, 2.45) is 12.0 Å². The third kappa shape index (κ3) is 7.67. The minimum absolute atomic E-state index is 0. The van der Waals surface area contributed by atoms with Crippen LogP contribution in [-0.4, -0.2) is 45.9 Å². The fourth-order valence-electron chi connectivity index (χ4n) is 3.13. The van der Waals surface area contributed by atoms with Crippen LogP contribution in [0.4, 0.5) is 13.2 Å². The van der Waals surface area contributed by atoms with Gasteiger partial charge in [0.2, 0.25) is 5.60 Å². The first-order valence-electron chi connectivity index (χ1n) is 10.0. The van der Waals surface area contributed by atoms with E-state index < -0.39 is 24.0 Å². The maximum atomic E-state index is 13.6. The van der Waals surface area contributed by atoms with Crippen LogP contribution >= 0.6 is 24.0 Å². The molecule has 2 atom stereocenters. The molecule has 1 aromatic carbocycles. The molecule has 0 saturated heterocycles. The summed E-state index contributed by atoms with van der Waals surface area (Å²) in [6, 6.07) is 10.1. The van der Waals surface area contributed by atoms with Crippen LogP contribution in [0.5, 0.6) is 0 Å². The second kappa shape index (κ2) is 12.3. The lowest BCUT2D eigenvalue weighted by molar-refractivity contribution is -0.272. The number of imidazole rings is 1. The first-order chi connectivity index (χ1) is 14.2. The minimum atomic E-state index is -4.86. The van der Waals surface area contributed by atoms with Gasteiger partial charge in [0.15, 0.2) is 5.96 Å². The predicted octanol–water partition coefficient (Wildman–Crippen LogP) is 3.75. The highest BCUT2D eigenvalue weighted by atomic mass is 127. The summed E-state index contributed by atoms with van der Waals surface area (Å²) in [5.41, 5.74) is -1.84. The Kier molecular flexibility index (Phi) is 10.8. The maximum absolute atomic E-state index is 13.6. The third-order valence-electron chi connectivity index (χ3n) is 4.84. The van der Waals surface area contributed by atoms with Crippen molar-refractivity contribution in [2.45, 2.75) is 50.9 Å². The molecule has 174 valence electrons. The van der Waals surface area contributed by atoms with Gasteiger partial charge >= 0.3 is 6.18 Å². The smallest absolute Gasteiger partial charge is 0.374 e. The van der Waals surface area contributed by atoms with Gasteiger partial charge in [-0.25, -0.2) is 4.98 Å². The van der Waals surface area contributed by atoms with Crippen molar-refractivity contribution in [3.05, 3.63) is 54.1 Å². The summed E-state index contributed by atoms with van der Waals surface area (Å²) in [6.45, 7) is 4.23. The lowest BCUT2D eigenvalue weighted by Gasteiger charge is -2.29. The van der Waals surface area contributed by atoms with Crippen molar-refractivity contribution in [1.82, 2.24) is 20.2 Å². The molecule has 0 amide bonds. The number of hydrogen-bond donors (Lipinski definition) is 3. The molecule has 0 spiro atoms. The van der Waals surface area contributed by atoms with Crippen LogP contribution in [0.2, 0.25) is 0 Å². The number of hydrogen-bond acceptors (Lipinski definition) is 3. The second-order valence-corrected chi connectivity index (χ2v) is 7.30. The Bertz CT molecular complexity index is 813. The van der Waals surface area contributed by atoms with Crippen molar-refractivity contribution in [2.75, 3.05) is 13.1 Å². The van der Waals surface area contributed by atoms with Gasteiger partial charge in [-0.1, -0.05) is 30.3 Å². The summed E-state index contributed by atoms with van der Waals surface area (Å²) >= 11 is 0. The Morgan fingerprint density at radius 3 is 2.48 bits per heavy atom. The highest BCUT2D eigenvalue weighted by Crippen LogP contribution is 2.40. The zero-order valence-electron chi connectivity index (χ0n) is 18.0. The number of nitrogens with zero attached hydrogens (tertiary/aromatic N) is 3. The largest absolute Gasteiger partial charge is 0.424 e. The summed E-state index contributed by atoms with van der Waals surface area (Å²) < 4.78 is 42.0. The molecule has 10 heteroatoms. The number of nitrogens with one attached hydrogen (secondary N) is 2. The number of aryl methyl sites for hydroxylation is 2. The molecule has 6 nitrogen and oxygen atoms in total. The molecule has 1 aromatic heterocycles. The molecule has 2 rings (SSSR count). The van der Waals surface area contributed by atoms with Crippen LogP contribution in [0.25, 0.3) is 0 Å². The number of halogens is 4. The summed E-state index contributed by atoms with van der Waals surface area (Å²) in [5, 5.41) is 16.7. The summed E-state index contributed by atoms with van der Waals surface area (Å²) in [7, 11) is 1.42. The number of guanidine groups is 1. The van der Waals surface area contributed by atoms with Gasteiger partial charge in [-0.15, -0.1) is 24.0 Å². The van der Waals surface area contributed by atoms with E-state index in [1.807, 2.05) is 32.0 Å². The number of benzene rings is 1. The number of aliphatic hydroxyl groups is 1. The first kappa shape index (κ1) is 27.2. The predicted molar refractivity (Wildman–Crippen MR) is 127 cm³/mol. The Morgan fingerprint density at radius 1 is 1.26 bits per heavy atom. The van der Waals surface area contributed by atoms with Gasteiger partial charge < -0.3 is 20.3 Å². The lowest BCUT2D eigenvalue weighted by atomic mass is 9.98. The van der Waals surface area contributed by atoms with Crippen molar-refractivity contribution in [1.29, 1.82) is 0 Å². The Labute approximate surface area is 198 Å². The van der Waals surface area contributed by atoms with Crippen molar-refractivity contribution < 1.29 is 18.3 Å². The highest BCUT2D eigenvalue weighted by Gasteiger charge is 2.57. The first-order valence-corrected chi connectivity index (χ1v) is 10.0. The molecule has 31 heavy (non-hydrogen) atoms. The summed E-state index contributed by atoms with van der Waals surface area (Å²) in [5.74, 6) is -0.0261. The van der Waals surface area contributed by atoms with Crippen molar-refractivity contribution in [3.63, 3.8) is 0 Å². The van der Waals surface area contributed by atoms with Gasteiger partial charge in [-0.3, -0.25) is 4.99 Å². The third-order valence-corrected chi connectivity index (χ3v) is 4.84. The quantitative estimate of drug-likeness (QED) is 0.251. The van der Waals surface area contributed by atoms with Crippen LogP contribution in [0.1, 0.15) is 38.1 Å². The molecule has 0 aliphatic carbocycles. The zero-order chi connectivity index (χ0) is 22.2. The molecule has 3 N–H and O–H groups in total. The van der Waals surface area contributed by atoms with Crippen molar-refractivity contribution >= 4 is 29.9 Å². The van der Waals surface area contributed by atoms with Gasteiger partial charge in [0.05, 0.1) is 0 Å². The second-order valence-electron chi connectivity index (χ2n) is 7.30. The molecular weight excluding hydrogens is 522 g/mol. The van der Waals surface area contributed by atoms with Crippen LogP contribution < -0.4 is 10.6 Å². The van der Waals surface area contributed by atoms with Gasteiger partial charge in [0.1, 0.15) is 5.82 Å². The van der Waals surface area contributed by atoms with E-state index in [1.54, 1.807) is 0 Å². The van der Waals surface area contributed by atoms with Crippen LogP contribution in [0, 0.1) is 0 Å². The molecule has 2 aromatic rings. The lowest BCUT2D eigenvalue weighted by Crippen LogP contribution is -2.46. The maximum Gasteiger partial charge on any atom is 0.424 e. The Balaban J connectivity index is 0.00000480. The standard InChI is InChI=1S/C21H30F3N5O.HI/c1-4-25-19(28-16(2)10-11-17-8-6-5-7-9-17)27-13-12-20(30,21(22,23)24)18-26-14-15-29(18)3;/h5-9,14-16,30H,4,10-13H2,1-3H3,(H2,25,27,28);1H. The number of aliphatic imine (C=N–C) groups is 1. The monoisotopic (exact) mass is 553 g/mol. The van der Waals surface area contributed by atoms with Crippen LogP contribution in [-0.2, 0) is 19.1 Å². The van der Waals surface area contributed by atoms with E-state index in [0.29, 0.717) is 12.5 Å². The average Bonchev–Trinajstić information content (AvgIpc) is 3.12. The van der Waals surface area contributed by atoms with Gasteiger partial charge in [0.25, 0.3) is 0 Å². The molecule has 0 aliphatic heterocycles. The van der Waals surface area contributed by atoms with E-state index >= 15 is 0 Å². The van der Waals surface area contributed by atoms with E-state index in [0.717, 1.165) is 12.8 Å². The topological polar surface area (TPSA) is 74.5 Å². The van der Waals surface area contributed by atoms with E-state index in [9.17, 15) is 18.3 Å². The molecule has 0 aliphatic rings. The zero-order valence-corrected chi connectivity index (χ0v) is 20.3. The Morgan fingerprint density at radius 2 is 1.94 bits per heavy atom. The van der Waals surface area contributed by atoms with Crippen LogP contribution in [0.15, 0.2) is 47.7 Å². The fourth-order valence-corrected chi connectivity index (χ4v) is 3.13. The summed E-state index contributed by atoms with van der Waals surface area (Å²) in [6.07, 6.45) is -1.17. The van der Waals surface area contributed by atoms with Crippen LogP contribution in [0.3, 0.4) is 0 Å². The summed E-state index contributed by atoms with van der Waals surface area (Å²) in [4.78, 5) is 7.95. The molecule has 0 saturated carbocycles. The normalized spacial score (nSPS) is 15.0. The van der Waals surface area contributed by atoms with Gasteiger partial charge in [-0.05, 0) is 32.3 Å². The number of aromatic nitrogens is 2. The van der Waals surface area contributed by atoms with E-state index in [1.165, 1.54) is 29.6 Å². The van der Waals surface area contributed by atoms with E-state index in [4.69, 9.17) is 0 Å². The van der Waals surface area contributed by atoms with Crippen molar-refractivity contribution in [3.8, 4) is 0 Å². The molecule has 2 unspecified atom stereocenters. The average molecular weight is 553 g/mol. The highest BCUT2D eigenvalue weighted by molar-refractivity contribution is 14.0.